The summed E-state index contributed by atoms with van der Waals surface area (Å²) in [5.74, 6) is -0.527. The molecule has 0 saturated heterocycles. The number of allylic oxidation sites excluding steroid dienone is 8. The standard InChI is InChI=1S/C53H97NO5/c1-4-7-10-13-16-19-22-25-26-28-29-32-35-38-41-44-49(59-53(58)46-43-40-37-34-31-27-23-20-17-14-11-8-5-2)47-52(57)54-50(48-55)51(56)45-42-39-36-33-30-24-21-18-15-12-9-6-3/h16,19,25-27,29,31-32,49-51,55-56H,4-15,17-18,20-24,28,30,33-48H2,1-3H3,(H,54,57)/b19-16-,26-25-,31-27-,32-29-. The first-order valence-corrected chi connectivity index (χ1v) is 25.4. The van der Waals surface area contributed by atoms with Gasteiger partial charge >= 0.3 is 5.97 Å². The van der Waals surface area contributed by atoms with E-state index < -0.39 is 18.2 Å². The van der Waals surface area contributed by atoms with Crippen LogP contribution in [0, 0.1) is 0 Å². The Bertz CT molecular complexity index is 1020. The molecule has 0 spiro atoms. The third-order valence-electron chi connectivity index (χ3n) is 11.4. The molecule has 59 heavy (non-hydrogen) atoms. The molecule has 344 valence electrons. The maximum atomic E-state index is 13.2. The number of hydrogen-bond donors (Lipinski definition) is 3. The second-order valence-corrected chi connectivity index (χ2v) is 17.2. The van der Waals surface area contributed by atoms with E-state index in [4.69, 9.17) is 4.74 Å². The maximum absolute atomic E-state index is 13.2. The number of carbonyl (C=O) groups excluding carboxylic acids is 2. The molecule has 0 aliphatic carbocycles. The Hall–Kier alpha value is -2.18. The minimum Gasteiger partial charge on any atom is -0.462 e. The zero-order valence-corrected chi connectivity index (χ0v) is 39.1. The molecule has 6 heteroatoms. The number of unbranched alkanes of at least 4 members (excludes halogenated alkanes) is 25. The lowest BCUT2D eigenvalue weighted by Gasteiger charge is -2.24. The number of amides is 1. The van der Waals surface area contributed by atoms with Crippen LogP contribution in [0.4, 0.5) is 0 Å². The Morgan fingerprint density at radius 2 is 0.864 bits per heavy atom. The molecule has 1 amide bonds. The summed E-state index contributed by atoms with van der Waals surface area (Å²) in [5, 5.41) is 23.7. The van der Waals surface area contributed by atoms with Crippen molar-refractivity contribution in [3.05, 3.63) is 48.6 Å². The van der Waals surface area contributed by atoms with Crippen LogP contribution in [-0.4, -0.2) is 46.9 Å². The van der Waals surface area contributed by atoms with Crippen LogP contribution in [0.5, 0.6) is 0 Å². The van der Waals surface area contributed by atoms with Crippen molar-refractivity contribution < 1.29 is 24.5 Å². The zero-order valence-electron chi connectivity index (χ0n) is 39.1. The number of aliphatic hydroxyl groups is 2. The van der Waals surface area contributed by atoms with E-state index in [0.717, 1.165) is 83.5 Å². The Morgan fingerprint density at radius 3 is 1.37 bits per heavy atom. The van der Waals surface area contributed by atoms with Crippen molar-refractivity contribution in [1.29, 1.82) is 0 Å². The van der Waals surface area contributed by atoms with Gasteiger partial charge in [0.1, 0.15) is 6.10 Å². The lowest BCUT2D eigenvalue weighted by Crippen LogP contribution is -2.46. The normalized spacial score (nSPS) is 13.6. The summed E-state index contributed by atoms with van der Waals surface area (Å²) in [7, 11) is 0. The van der Waals surface area contributed by atoms with Crippen LogP contribution in [-0.2, 0) is 14.3 Å². The molecule has 3 unspecified atom stereocenters. The number of aliphatic hydroxyl groups excluding tert-OH is 2. The largest absolute Gasteiger partial charge is 0.462 e. The molecule has 0 aliphatic heterocycles. The predicted octanol–water partition coefficient (Wildman–Crippen LogP) is 15.1. The molecule has 3 atom stereocenters. The van der Waals surface area contributed by atoms with E-state index in [1.165, 1.54) is 122 Å². The van der Waals surface area contributed by atoms with Crippen LogP contribution in [0.25, 0.3) is 0 Å². The van der Waals surface area contributed by atoms with Crippen molar-refractivity contribution in [3.8, 4) is 0 Å². The average Bonchev–Trinajstić information content (AvgIpc) is 3.23. The second kappa shape index (κ2) is 46.9. The first-order chi connectivity index (χ1) is 29.0. The van der Waals surface area contributed by atoms with Gasteiger partial charge in [-0.25, -0.2) is 0 Å². The van der Waals surface area contributed by atoms with Gasteiger partial charge in [-0.05, 0) is 89.9 Å². The summed E-state index contributed by atoms with van der Waals surface area (Å²) in [6.45, 7) is 6.43. The number of nitrogens with one attached hydrogen (secondary N) is 1. The molecule has 3 N–H and O–H groups in total. The third kappa shape index (κ3) is 42.3. The van der Waals surface area contributed by atoms with Crippen LogP contribution in [0.15, 0.2) is 48.6 Å². The van der Waals surface area contributed by atoms with E-state index in [0.29, 0.717) is 19.3 Å². The highest BCUT2D eigenvalue weighted by atomic mass is 16.5. The topological polar surface area (TPSA) is 95.9 Å². The molecule has 0 fully saturated rings. The van der Waals surface area contributed by atoms with E-state index in [1.807, 2.05) is 0 Å². The quantitative estimate of drug-likeness (QED) is 0.0323. The minimum atomic E-state index is -0.799. The van der Waals surface area contributed by atoms with Gasteiger partial charge in [-0.1, -0.05) is 198 Å². The Balaban J connectivity index is 4.68. The van der Waals surface area contributed by atoms with E-state index in [-0.39, 0.29) is 24.9 Å². The van der Waals surface area contributed by atoms with Gasteiger partial charge in [0.25, 0.3) is 0 Å². The lowest BCUT2D eigenvalue weighted by atomic mass is 10.0. The SMILES string of the molecule is CCCCC/C=C\C/C=C\C/C=C\CCCCC(CC(=O)NC(CO)C(O)CCCCCCCCCCCCCC)OC(=O)CCCCC/C=C\CCCCCCCC. The van der Waals surface area contributed by atoms with E-state index in [9.17, 15) is 19.8 Å². The fourth-order valence-electron chi connectivity index (χ4n) is 7.49. The van der Waals surface area contributed by atoms with Gasteiger partial charge < -0.3 is 20.3 Å². The van der Waals surface area contributed by atoms with Crippen LogP contribution < -0.4 is 5.32 Å². The van der Waals surface area contributed by atoms with Crippen LogP contribution in [0.1, 0.15) is 252 Å². The second-order valence-electron chi connectivity index (χ2n) is 17.2. The molecular formula is C53H97NO5. The average molecular weight is 828 g/mol. The van der Waals surface area contributed by atoms with Gasteiger partial charge in [-0.15, -0.1) is 0 Å². The molecule has 0 bridgehead atoms. The molecule has 0 aromatic rings. The summed E-state index contributed by atoms with van der Waals surface area (Å²) in [6.07, 6.45) is 55.9. The molecular weight excluding hydrogens is 731 g/mol. The van der Waals surface area contributed by atoms with Gasteiger partial charge in [0.15, 0.2) is 0 Å². The van der Waals surface area contributed by atoms with Crippen LogP contribution >= 0.6 is 0 Å². The molecule has 0 saturated carbocycles. The van der Waals surface area contributed by atoms with E-state index in [1.54, 1.807) is 0 Å². The third-order valence-corrected chi connectivity index (χ3v) is 11.4. The minimum absolute atomic E-state index is 0.0463. The number of carbonyl (C=O) groups is 2. The van der Waals surface area contributed by atoms with Crippen molar-refractivity contribution in [1.82, 2.24) is 5.32 Å². The number of esters is 1. The van der Waals surface area contributed by atoms with Crippen molar-refractivity contribution in [3.63, 3.8) is 0 Å². The molecule has 0 aromatic heterocycles. The Kier molecular flexibility index (Phi) is 45.1. The monoisotopic (exact) mass is 828 g/mol. The number of ether oxygens (including phenoxy) is 1. The van der Waals surface area contributed by atoms with E-state index in [2.05, 4.69) is 74.7 Å². The highest BCUT2D eigenvalue weighted by molar-refractivity contribution is 5.77. The van der Waals surface area contributed by atoms with Gasteiger partial charge in [0, 0.05) is 6.42 Å². The molecule has 0 heterocycles. The molecule has 0 aromatic carbocycles. The van der Waals surface area contributed by atoms with Gasteiger partial charge in [-0.2, -0.15) is 0 Å². The first-order valence-electron chi connectivity index (χ1n) is 25.4. The molecule has 0 radical (unpaired) electrons. The maximum Gasteiger partial charge on any atom is 0.306 e. The fraction of sp³-hybridized carbons (Fsp3) is 0.811. The summed E-state index contributed by atoms with van der Waals surface area (Å²) in [4.78, 5) is 26.1. The predicted molar refractivity (Wildman–Crippen MR) is 255 cm³/mol. The smallest absolute Gasteiger partial charge is 0.306 e. The fourth-order valence-corrected chi connectivity index (χ4v) is 7.49. The van der Waals surface area contributed by atoms with Crippen LogP contribution in [0.2, 0.25) is 0 Å². The summed E-state index contributed by atoms with van der Waals surface area (Å²) >= 11 is 0. The van der Waals surface area contributed by atoms with Gasteiger partial charge in [-0.3, -0.25) is 9.59 Å². The Labute approximate surface area is 366 Å². The summed E-state index contributed by atoms with van der Waals surface area (Å²) in [6, 6.07) is -0.715. The first kappa shape index (κ1) is 56.8. The molecule has 0 rings (SSSR count). The van der Waals surface area contributed by atoms with Crippen molar-refractivity contribution in [2.45, 2.75) is 270 Å². The van der Waals surface area contributed by atoms with Gasteiger partial charge in [0.05, 0.1) is 25.2 Å². The van der Waals surface area contributed by atoms with Crippen LogP contribution in [0.3, 0.4) is 0 Å². The molecule has 6 nitrogen and oxygen atoms in total. The van der Waals surface area contributed by atoms with E-state index >= 15 is 0 Å². The molecule has 0 aliphatic rings. The highest BCUT2D eigenvalue weighted by Crippen LogP contribution is 2.17. The summed E-state index contributed by atoms with van der Waals surface area (Å²) < 4.78 is 5.90. The van der Waals surface area contributed by atoms with Crippen molar-refractivity contribution >= 4 is 11.9 Å². The van der Waals surface area contributed by atoms with Gasteiger partial charge in [0.2, 0.25) is 5.91 Å². The number of hydrogen-bond acceptors (Lipinski definition) is 5. The summed E-state index contributed by atoms with van der Waals surface area (Å²) in [5.41, 5.74) is 0. The number of rotatable bonds is 45. The highest BCUT2D eigenvalue weighted by Gasteiger charge is 2.24. The zero-order chi connectivity index (χ0) is 43.1. The van der Waals surface area contributed by atoms with Crippen molar-refractivity contribution in [2.24, 2.45) is 0 Å². The Morgan fingerprint density at radius 1 is 0.492 bits per heavy atom. The lowest BCUT2D eigenvalue weighted by molar-refractivity contribution is -0.151. The van der Waals surface area contributed by atoms with Crippen molar-refractivity contribution in [2.75, 3.05) is 6.61 Å².